The lowest BCUT2D eigenvalue weighted by atomic mass is 9.99. The van der Waals surface area contributed by atoms with E-state index >= 15 is 0 Å². The van der Waals surface area contributed by atoms with Crippen LogP contribution in [0.4, 0.5) is 0 Å². The Labute approximate surface area is 329 Å². The number of aliphatic hydroxyl groups is 5. The van der Waals surface area contributed by atoms with E-state index in [1.54, 1.807) is 6.08 Å². The lowest BCUT2D eigenvalue weighted by Crippen LogP contribution is -2.60. The predicted octanol–water partition coefficient (Wildman–Crippen LogP) is 8.67. The highest BCUT2D eigenvalue weighted by atomic mass is 16.7. The Morgan fingerprint density at radius 1 is 0.611 bits per heavy atom. The number of nitrogens with one attached hydrogen (secondary N) is 1. The van der Waals surface area contributed by atoms with E-state index < -0.39 is 49.5 Å². The molecule has 9 heteroatoms. The van der Waals surface area contributed by atoms with Crippen LogP contribution in [0.3, 0.4) is 0 Å². The SMILES string of the molecule is CCC/C=C\CCCCCCCC(=O)NC(COC1OC(CO)C(O)C(O)C1O)C(O)/C=C/CC/C=C/CC/C=C/CCCCCCCCCCCCC. The number of aliphatic hydroxyl groups excluding tert-OH is 5. The Balaban J connectivity index is 2.39. The minimum atomic E-state index is -1.57. The molecule has 0 aromatic rings. The highest BCUT2D eigenvalue weighted by Gasteiger charge is 2.44. The normalized spacial score (nSPS) is 21.9. The summed E-state index contributed by atoms with van der Waals surface area (Å²) in [6.45, 7) is 3.66. The fourth-order valence-electron chi connectivity index (χ4n) is 6.54. The monoisotopic (exact) mass is 764 g/mol. The van der Waals surface area contributed by atoms with Crippen LogP contribution < -0.4 is 5.32 Å². The minimum absolute atomic E-state index is 0.205. The first-order valence-electron chi connectivity index (χ1n) is 21.9. The van der Waals surface area contributed by atoms with Gasteiger partial charge in [-0.05, 0) is 64.2 Å². The Morgan fingerprint density at radius 2 is 1.09 bits per heavy atom. The summed E-state index contributed by atoms with van der Waals surface area (Å²) in [5.74, 6) is -0.205. The molecule has 0 bridgehead atoms. The summed E-state index contributed by atoms with van der Waals surface area (Å²) >= 11 is 0. The molecule has 7 atom stereocenters. The van der Waals surface area contributed by atoms with Crippen LogP contribution in [0.5, 0.6) is 0 Å². The summed E-state index contributed by atoms with van der Waals surface area (Å²) in [5, 5.41) is 54.0. The van der Waals surface area contributed by atoms with Crippen LogP contribution >= 0.6 is 0 Å². The number of unbranched alkanes of at least 4 members (excludes halogenated alkanes) is 19. The summed E-state index contributed by atoms with van der Waals surface area (Å²) < 4.78 is 11.2. The van der Waals surface area contributed by atoms with Crippen molar-refractivity contribution in [1.82, 2.24) is 5.32 Å². The van der Waals surface area contributed by atoms with E-state index in [-0.39, 0.29) is 12.5 Å². The smallest absolute Gasteiger partial charge is 0.220 e. The maximum Gasteiger partial charge on any atom is 0.220 e. The first kappa shape index (κ1) is 50.2. The van der Waals surface area contributed by atoms with Gasteiger partial charge < -0.3 is 40.3 Å². The molecule has 1 aliphatic rings. The van der Waals surface area contributed by atoms with E-state index in [1.807, 2.05) is 6.08 Å². The van der Waals surface area contributed by atoms with Crippen LogP contribution in [-0.2, 0) is 14.3 Å². The van der Waals surface area contributed by atoms with Crippen LogP contribution in [0.15, 0.2) is 48.6 Å². The number of allylic oxidation sites excluding steroid dienone is 7. The fraction of sp³-hybridized carbons (Fsp3) is 0.800. The molecule has 1 amide bonds. The third kappa shape index (κ3) is 26.1. The van der Waals surface area contributed by atoms with Crippen molar-refractivity contribution < 1.29 is 39.8 Å². The number of hydrogen-bond donors (Lipinski definition) is 6. The predicted molar refractivity (Wildman–Crippen MR) is 221 cm³/mol. The van der Waals surface area contributed by atoms with Gasteiger partial charge in [0.15, 0.2) is 6.29 Å². The number of hydrogen-bond acceptors (Lipinski definition) is 8. The summed E-state index contributed by atoms with van der Waals surface area (Å²) in [6.07, 6.45) is 37.4. The first-order chi connectivity index (χ1) is 26.3. The Hall–Kier alpha value is -1.85. The molecule has 0 aliphatic carbocycles. The lowest BCUT2D eigenvalue weighted by molar-refractivity contribution is -0.302. The number of carbonyl (C=O) groups is 1. The van der Waals surface area contributed by atoms with Crippen molar-refractivity contribution in [2.75, 3.05) is 13.2 Å². The third-order valence-corrected chi connectivity index (χ3v) is 10.1. The van der Waals surface area contributed by atoms with E-state index in [4.69, 9.17) is 9.47 Å². The summed E-state index contributed by atoms with van der Waals surface area (Å²) in [5.41, 5.74) is 0. The highest BCUT2D eigenvalue weighted by Crippen LogP contribution is 2.22. The molecule has 1 rings (SSSR count). The standard InChI is InChI=1S/C45H81NO8/c1-3-5-7-9-11-13-15-16-17-18-19-20-21-22-23-24-25-26-28-30-32-34-39(48)38(37-53-45-44(52)43(51)42(50)40(36-47)54-45)46-41(49)35-33-31-29-27-14-12-10-8-6-4-2/h8,10,21-22,25-26,32,34,38-40,42-45,47-48,50-52H,3-7,9,11-20,23-24,27-31,33,35-37H2,1-2H3,(H,46,49)/b10-8-,22-21+,26-25+,34-32+. The van der Waals surface area contributed by atoms with E-state index in [0.29, 0.717) is 6.42 Å². The van der Waals surface area contributed by atoms with Gasteiger partial charge in [0, 0.05) is 6.42 Å². The zero-order valence-corrected chi connectivity index (χ0v) is 34.2. The lowest BCUT2D eigenvalue weighted by Gasteiger charge is -2.40. The van der Waals surface area contributed by atoms with E-state index in [1.165, 1.54) is 83.5 Å². The summed E-state index contributed by atoms with van der Waals surface area (Å²) in [7, 11) is 0. The van der Waals surface area contributed by atoms with Gasteiger partial charge in [0.2, 0.25) is 5.91 Å². The van der Waals surface area contributed by atoms with E-state index in [9.17, 15) is 30.3 Å². The molecule has 0 saturated carbocycles. The van der Waals surface area contributed by atoms with Crippen molar-refractivity contribution in [2.24, 2.45) is 0 Å². The summed E-state index contributed by atoms with van der Waals surface area (Å²) in [6, 6.07) is -0.830. The van der Waals surface area contributed by atoms with Crippen molar-refractivity contribution in [3.05, 3.63) is 48.6 Å². The van der Waals surface area contributed by atoms with Crippen molar-refractivity contribution in [3.8, 4) is 0 Å². The molecule has 1 aliphatic heterocycles. The average Bonchev–Trinajstić information content (AvgIpc) is 3.17. The topological polar surface area (TPSA) is 149 Å². The molecule has 9 nitrogen and oxygen atoms in total. The average molecular weight is 764 g/mol. The van der Waals surface area contributed by atoms with Gasteiger partial charge in [0.05, 0.1) is 25.4 Å². The fourth-order valence-corrected chi connectivity index (χ4v) is 6.54. The molecule has 6 N–H and O–H groups in total. The van der Waals surface area contributed by atoms with Gasteiger partial charge in [-0.3, -0.25) is 4.79 Å². The Kier molecular flexibility index (Phi) is 33.0. The molecule has 0 radical (unpaired) electrons. The number of rotatable bonds is 35. The minimum Gasteiger partial charge on any atom is -0.394 e. The van der Waals surface area contributed by atoms with Gasteiger partial charge in [0.25, 0.3) is 0 Å². The van der Waals surface area contributed by atoms with Crippen LogP contribution in [0.1, 0.15) is 174 Å². The van der Waals surface area contributed by atoms with Crippen LogP contribution in [0.25, 0.3) is 0 Å². The van der Waals surface area contributed by atoms with Gasteiger partial charge in [-0.2, -0.15) is 0 Å². The molecule has 7 unspecified atom stereocenters. The van der Waals surface area contributed by atoms with Crippen LogP contribution in [0.2, 0.25) is 0 Å². The molecule has 0 spiro atoms. The highest BCUT2D eigenvalue weighted by molar-refractivity contribution is 5.76. The van der Waals surface area contributed by atoms with Gasteiger partial charge >= 0.3 is 0 Å². The maximum atomic E-state index is 12.9. The molecule has 0 aromatic heterocycles. The number of carbonyl (C=O) groups excluding carboxylic acids is 1. The molecule has 1 saturated heterocycles. The second-order valence-electron chi connectivity index (χ2n) is 15.1. The van der Waals surface area contributed by atoms with Gasteiger partial charge in [-0.15, -0.1) is 0 Å². The van der Waals surface area contributed by atoms with Gasteiger partial charge in [0.1, 0.15) is 24.4 Å². The molecule has 314 valence electrons. The molecule has 1 heterocycles. The molecule has 54 heavy (non-hydrogen) atoms. The van der Waals surface area contributed by atoms with Crippen molar-refractivity contribution in [1.29, 1.82) is 0 Å². The quantitative estimate of drug-likeness (QED) is 0.0278. The molecular weight excluding hydrogens is 682 g/mol. The molecular formula is C45H81NO8. The van der Waals surface area contributed by atoms with E-state index in [0.717, 1.165) is 70.6 Å². The zero-order valence-electron chi connectivity index (χ0n) is 34.2. The van der Waals surface area contributed by atoms with Crippen LogP contribution in [0, 0.1) is 0 Å². The molecule has 0 aromatic carbocycles. The first-order valence-corrected chi connectivity index (χ1v) is 21.9. The second-order valence-corrected chi connectivity index (χ2v) is 15.1. The second kappa shape index (κ2) is 35.6. The largest absolute Gasteiger partial charge is 0.394 e. The van der Waals surface area contributed by atoms with Crippen molar-refractivity contribution >= 4 is 5.91 Å². The number of ether oxygens (including phenoxy) is 2. The third-order valence-electron chi connectivity index (χ3n) is 10.1. The van der Waals surface area contributed by atoms with Crippen LogP contribution in [-0.4, -0.2) is 87.5 Å². The van der Waals surface area contributed by atoms with Crippen molar-refractivity contribution in [2.45, 2.75) is 217 Å². The molecule has 1 fully saturated rings. The Bertz CT molecular complexity index is 983. The maximum absolute atomic E-state index is 12.9. The van der Waals surface area contributed by atoms with Gasteiger partial charge in [-0.25, -0.2) is 0 Å². The van der Waals surface area contributed by atoms with E-state index in [2.05, 4.69) is 55.6 Å². The number of amides is 1. The van der Waals surface area contributed by atoms with Gasteiger partial charge in [-0.1, -0.05) is 152 Å². The Morgan fingerprint density at radius 3 is 1.63 bits per heavy atom. The summed E-state index contributed by atoms with van der Waals surface area (Å²) in [4.78, 5) is 12.9. The zero-order chi connectivity index (χ0) is 39.5. The van der Waals surface area contributed by atoms with Crippen molar-refractivity contribution in [3.63, 3.8) is 0 Å².